The van der Waals surface area contributed by atoms with Crippen LogP contribution in [0.4, 0.5) is 5.69 Å². The molecule has 1 aliphatic rings. The average Bonchev–Trinajstić information content (AvgIpc) is 2.73. The number of aliphatic carboxylic acids is 1. The van der Waals surface area contributed by atoms with E-state index in [9.17, 15) is 9.59 Å². The first-order valence-electron chi connectivity index (χ1n) is 9.51. The third kappa shape index (κ3) is 4.46. The highest BCUT2D eigenvalue weighted by atomic mass is 16.5. The molecular formula is C24H21NO4. The summed E-state index contributed by atoms with van der Waals surface area (Å²) in [7, 11) is 0. The number of carbonyl (C=O) groups excluding carboxylic acids is 1. The highest BCUT2D eigenvalue weighted by molar-refractivity contribution is 5.97. The van der Waals surface area contributed by atoms with Crippen molar-refractivity contribution >= 4 is 17.6 Å². The third-order valence-corrected chi connectivity index (χ3v) is 5.06. The van der Waals surface area contributed by atoms with E-state index in [1.54, 1.807) is 6.07 Å². The van der Waals surface area contributed by atoms with Crippen LogP contribution in [0, 0.1) is 5.92 Å². The van der Waals surface area contributed by atoms with Crippen LogP contribution in [0.15, 0.2) is 72.8 Å². The van der Waals surface area contributed by atoms with Gasteiger partial charge in [-0.15, -0.1) is 0 Å². The van der Waals surface area contributed by atoms with Gasteiger partial charge in [0.2, 0.25) is 5.91 Å². The van der Waals surface area contributed by atoms with E-state index in [-0.39, 0.29) is 12.3 Å². The molecule has 0 saturated carbocycles. The van der Waals surface area contributed by atoms with Crippen molar-refractivity contribution in [1.29, 1.82) is 0 Å². The van der Waals surface area contributed by atoms with E-state index >= 15 is 0 Å². The highest BCUT2D eigenvalue weighted by Gasteiger charge is 2.28. The molecule has 0 radical (unpaired) electrons. The van der Waals surface area contributed by atoms with Gasteiger partial charge in [0, 0.05) is 11.8 Å². The molecule has 5 nitrogen and oxygen atoms in total. The summed E-state index contributed by atoms with van der Waals surface area (Å²) in [5, 5.41) is 11.7. The van der Waals surface area contributed by atoms with E-state index in [4.69, 9.17) is 9.84 Å². The molecule has 1 amide bonds. The standard InChI is InChI=1S/C24H21NO4/c26-23(27)13-20-12-19-10-11-21(14-22(19)25-24(20)28)29-15-16-6-8-18(9-7-16)17-4-2-1-3-5-17/h1-11,14,20H,12-13,15H2,(H,25,28)(H,26,27). The zero-order valence-corrected chi connectivity index (χ0v) is 15.8. The number of ether oxygens (including phenoxy) is 1. The van der Waals surface area contributed by atoms with Crippen molar-refractivity contribution in [1.82, 2.24) is 0 Å². The normalized spacial score (nSPS) is 15.3. The molecule has 0 bridgehead atoms. The summed E-state index contributed by atoms with van der Waals surface area (Å²) in [6, 6.07) is 24.0. The van der Waals surface area contributed by atoms with Gasteiger partial charge in [0.25, 0.3) is 0 Å². The van der Waals surface area contributed by atoms with Crippen molar-refractivity contribution in [3.05, 3.63) is 83.9 Å². The number of carbonyl (C=O) groups is 2. The minimum absolute atomic E-state index is 0.164. The second-order valence-electron chi connectivity index (χ2n) is 7.16. The fourth-order valence-corrected chi connectivity index (χ4v) is 3.50. The van der Waals surface area contributed by atoms with Crippen molar-refractivity contribution in [2.75, 3.05) is 5.32 Å². The molecule has 1 unspecified atom stereocenters. The van der Waals surface area contributed by atoms with Crippen molar-refractivity contribution in [2.24, 2.45) is 5.92 Å². The summed E-state index contributed by atoms with van der Waals surface area (Å²) >= 11 is 0. The number of carboxylic acids is 1. The lowest BCUT2D eigenvalue weighted by atomic mass is 9.91. The average molecular weight is 387 g/mol. The Labute approximate surface area is 169 Å². The Morgan fingerprint density at radius 2 is 1.72 bits per heavy atom. The number of amides is 1. The summed E-state index contributed by atoms with van der Waals surface area (Å²) < 4.78 is 5.88. The van der Waals surface area contributed by atoms with Gasteiger partial charge >= 0.3 is 5.97 Å². The van der Waals surface area contributed by atoms with Crippen molar-refractivity contribution in [3.63, 3.8) is 0 Å². The molecule has 4 rings (SSSR count). The molecule has 1 heterocycles. The van der Waals surface area contributed by atoms with Crippen LogP contribution in [0.3, 0.4) is 0 Å². The molecule has 0 saturated heterocycles. The van der Waals surface area contributed by atoms with E-state index in [2.05, 4.69) is 29.6 Å². The Bertz CT molecular complexity index is 1030. The van der Waals surface area contributed by atoms with Crippen LogP contribution < -0.4 is 10.1 Å². The summed E-state index contributed by atoms with van der Waals surface area (Å²) in [6.45, 7) is 0.420. The third-order valence-electron chi connectivity index (χ3n) is 5.06. The van der Waals surface area contributed by atoms with Gasteiger partial charge in [-0.05, 0) is 34.7 Å². The molecule has 3 aromatic carbocycles. The molecule has 2 N–H and O–H groups in total. The maximum absolute atomic E-state index is 12.1. The maximum Gasteiger partial charge on any atom is 0.304 e. The Hall–Kier alpha value is -3.60. The first-order chi connectivity index (χ1) is 14.1. The van der Waals surface area contributed by atoms with Crippen molar-refractivity contribution < 1.29 is 19.4 Å². The van der Waals surface area contributed by atoms with Gasteiger partial charge in [0.05, 0.1) is 12.3 Å². The molecule has 1 atom stereocenters. The predicted octanol–water partition coefficient (Wildman–Crippen LogP) is 4.52. The number of hydrogen-bond donors (Lipinski definition) is 2. The highest BCUT2D eigenvalue weighted by Crippen LogP contribution is 2.31. The number of hydrogen-bond acceptors (Lipinski definition) is 3. The number of carboxylic acid groups (broad SMARTS) is 1. The molecule has 5 heteroatoms. The minimum Gasteiger partial charge on any atom is -0.489 e. The molecule has 1 aliphatic heterocycles. The Morgan fingerprint density at radius 3 is 2.45 bits per heavy atom. The Balaban J connectivity index is 1.40. The zero-order chi connectivity index (χ0) is 20.2. The monoisotopic (exact) mass is 387 g/mol. The summed E-state index contributed by atoms with van der Waals surface area (Å²) in [5.41, 5.74) is 4.99. The zero-order valence-electron chi connectivity index (χ0n) is 15.8. The molecule has 3 aromatic rings. The molecule has 0 aliphatic carbocycles. The van der Waals surface area contributed by atoms with Crippen LogP contribution in [-0.2, 0) is 22.6 Å². The molecular weight excluding hydrogens is 366 g/mol. The molecule has 0 spiro atoms. The second-order valence-corrected chi connectivity index (χ2v) is 7.16. The lowest BCUT2D eigenvalue weighted by molar-refractivity contribution is -0.140. The van der Waals surface area contributed by atoms with Gasteiger partial charge in [-0.25, -0.2) is 0 Å². The lowest BCUT2D eigenvalue weighted by Crippen LogP contribution is -2.31. The molecule has 0 aromatic heterocycles. The van der Waals surface area contributed by atoms with E-state index in [1.807, 2.05) is 42.5 Å². The van der Waals surface area contributed by atoms with Gasteiger partial charge < -0.3 is 15.2 Å². The number of nitrogens with one attached hydrogen (secondary N) is 1. The first kappa shape index (κ1) is 18.7. The first-order valence-corrected chi connectivity index (χ1v) is 9.51. The summed E-state index contributed by atoms with van der Waals surface area (Å²) in [6.07, 6.45) is 0.261. The minimum atomic E-state index is -0.966. The van der Waals surface area contributed by atoms with Crippen LogP contribution in [0.1, 0.15) is 17.5 Å². The van der Waals surface area contributed by atoms with E-state index < -0.39 is 11.9 Å². The maximum atomic E-state index is 12.1. The van der Waals surface area contributed by atoms with E-state index in [0.29, 0.717) is 24.5 Å². The smallest absolute Gasteiger partial charge is 0.304 e. The van der Waals surface area contributed by atoms with Crippen LogP contribution >= 0.6 is 0 Å². The van der Waals surface area contributed by atoms with Gasteiger partial charge in [-0.2, -0.15) is 0 Å². The number of fused-ring (bicyclic) bond motifs is 1. The topological polar surface area (TPSA) is 75.6 Å². The van der Waals surface area contributed by atoms with E-state index in [0.717, 1.165) is 16.7 Å². The lowest BCUT2D eigenvalue weighted by Gasteiger charge is -2.24. The van der Waals surface area contributed by atoms with Gasteiger partial charge in [0.1, 0.15) is 12.4 Å². The SMILES string of the molecule is O=C(O)CC1Cc2ccc(OCc3ccc(-c4ccccc4)cc3)cc2NC1=O. The van der Waals surface area contributed by atoms with Crippen LogP contribution in [0.25, 0.3) is 11.1 Å². The largest absolute Gasteiger partial charge is 0.489 e. The van der Waals surface area contributed by atoms with Crippen LogP contribution in [0.2, 0.25) is 0 Å². The summed E-state index contributed by atoms with van der Waals surface area (Å²) in [4.78, 5) is 23.0. The number of rotatable bonds is 6. The Morgan fingerprint density at radius 1 is 1.00 bits per heavy atom. The quantitative estimate of drug-likeness (QED) is 0.652. The fraction of sp³-hybridized carbons (Fsp3) is 0.167. The molecule has 0 fully saturated rings. The van der Waals surface area contributed by atoms with Crippen LogP contribution in [-0.4, -0.2) is 17.0 Å². The van der Waals surface area contributed by atoms with Gasteiger partial charge in [-0.1, -0.05) is 60.7 Å². The van der Waals surface area contributed by atoms with Gasteiger partial charge in [0.15, 0.2) is 0 Å². The molecule has 146 valence electrons. The molecule has 29 heavy (non-hydrogen) atoms. The van der Waals surface area contributed by atoms with E-state index in [1.165, 1.54) is 5.56 Å². The summed E-state index contributed by atoms with van der Waals surface area (Å²) in [5.74, 6) is -1.09. The predicted molar refractivity (Wildman–Crippen MR) is 111 cm³/mol. The second kappa shape index (κ2) is 8.19. The number of anilines is 1. The van der Waals surface area contributed by atoms with Crippen molar-refractivity contribution in [3.8, 4) is 16.9 Å². The van der Waals surface area contributed by atoms with Crippen molar-refractivity contribution in [2.45, 2.75) is 19.4 Å². The van der Waals surface area contributed by atoms with Crippen LogP contribution in [0.5, 0.6) is 5.75 Å². The fourth-order valence-electron chi connectivity index (χ4n) is 3.50. The van der Waals surface area contributed by atoms with Gasteiger partial charge in [-0.3, -0.25) is 9.59 Å². The Kier molecular flexibility index (Phi) is 5.29. The number of benzene rings is 3.